The number of thiol groups is 1. The maximum atomic E-state index is 12.4. The fourth-order valence-electron chi connectivity index (χ4n) is 1.98. The fraction of sp³-hybridized carbons (Fsp3) is 0.667. The maximum Gasteiger partial charge on any atom is 0.327 e. The van der Waals surface area contributed by atoms with E-state index >= 15 is 0 Å². The summed E-state index contributed by atoms with van der Waals surface area (Å²) >= 11 is 3.81. The van der Waals surface area contributed by atoms with Gasteiger partial charge >= 0.3 is 5.97 Å². The van der Waals surface area contributed by atoms with Crippen LogP contribution in [0.1, 0.15) is 19.8 Å². The first-order valence-corrected chi connectivity index (χ1v) is 9.33. The third kappa shape index (κ3) is 11.1. The molecule has 14 heteroatoms. The molecular formula is C15H29N7O6S. The van der Waals surface area contributed by atoms with Crippen molar-refractivity contribution in [2.45, 2.75) is 44.0 Å². The second kappa shape index (κ2) is 13.6. The van der Waals surface area contributed by atoms with E-state index < -0.39 is 54.5 Å². The molecule has 0 aliphatic rings. The second-order valence-corrected chi connectivity index (χ2v) is 6.50. The van der Waals surface area contributed by atoms with Crippen molar-refractivity contribution >= 4 is 42.3 Å². The Labute approximate surface area is 173 Å². The number of aliphatic imine (C=N–C) groups is 1. The van der Waals surface area contributed by atoms with Gasteiger partial charge in [0.05, 0.1) is 12.6 Å². The maximum absolute atomic E-state index is 12.4. The minimum absolute atomic E-state index is 0.122. The minimum atomic E-state index is -1.27. The van der Waals surface area contributed by atoms with Gasteiger partial charge in [0.1, 0.15) is 18.1 Å². The zero-order chi connectivity index (χ0) is 22.6. The van der Waals surface area contributed by atoms with E-state index in [1.54, 1.807) is 0 Å². The summed E-state index contributed by atoms with van der Waals surface area (Å²) in [4.78, 5) is 50.9. The zero-order valence-corrected chi connectivity index (χ0v) is 16.9. The Hall–Kier alpha value is -2.58. The highest BCUT2D eigenvalue weighted by Gasteiger charge is 2.26. The number of rotatable bonds is 13. The molecule has 166 valence electrons. The van der Waals surface area contributed by atoms with Crippen LogP contribution < -0.4 is 33.2 Å². The third-order valence-electron chi connectivity index (χ3n) is 3.64. The molecule has 0 bridgehead atoms. The first kappa shape index (κ1) is 26.4. The van der Waals surface area contributed by atoms with E-state index in [4.69, 9.17) is 22.3 Å². The van der Waals surface area contributed by atoms with Crippen LogP contribution in [0, 0.1) is 0 Å². The molecule has 0 spiro atoms. The van der Waals surface area contributed by atoms with Gasteiger partial charge in [0, 0.05) is 12.3 Å². The number of aliphatic carboxylic acids is 1. The van der Waals surface area contributed by atoms with Gasteiger partial charge < -0.3 is 43.4 Å². The number of carboxylic acids is 1. The number of carbonyl (C=O) groups excluding carboxylic acids is 3. The molecule has 0 aliphatic heterocycles. The Morgan fingerprint density at radius 2 is 1.72 bits per heavy atom. The van der Waals surface area contributed by atoms with E-state index in [1.165, 1.54) is 6.92 Å². The quantitative estimate of drug-likeness (QED) is 0.0590. The van der Waals surface area contributed by atoms with Crippen LogP contribution in [0.25, 0.3) is 0 Å². The summed E-state index contributed by atoms with van der Waals surface area (Å²) < 4.78 is 0. The van der Waals surface area contributed by atoms with Gasteiger partial charge in [-0.2, -0.15) is 12.6 Å². The van der Waals surface area contributed by atoms with E-state index in [0.717, 1.165) is 0 Å². The molecule has 4 unspecified atom stereocenters. The summed E-state index contributed by atoms with van der Waals surface area (Å²) in [6, 6.07) is -3.53. The topological polar surface area (TPSA) is 235 Å². The molecule has 11 N–H and O–H groups in total. The van der Waals surface area contributed by atoms with E-state index in [9.17, 15) is 24.3 Å². The van der Waals surface area contributed by atoms with E-state index in [0.29, 0.717) is 6.42 Å². The van der Waals surface area contributed by atoms with Crippen molar-refractivity contribution in [1.82, 2.24) is 16.0 Å². The first-order valence-electron chi connectivity index (χ1n) is 8.69. The third-order valence-corrected chi connectivity index (χ3v) is 4.00. The molecule has 0 saturated heterocycles. The van der Waals surface area contributed by atoms with Crippen molar-refractivity contribution in [3.63, 3.8) is 0 Å². The fourth-order valence-corrected chi connectivity index (χ4v) is 2.23. The minimum Gasteiger partial charge on any atom is -0.480 e. The number of hydrogen-bond acceptors (Lipinski definition) is 8. The molecule has 0 aliphatic carbocycles. The van der Waals surface area contributed by atoms with Gasteiger partial charge in [-0.1, -0.05) is 0 Å². The monoisotopic (exact) mass is 435 g/mol. The lowest BCUT2D eigenvalue weighted by molar-refractivity contribution is -0.141. The van der Waals surface area contributed by atoms with Gasteiger partial charge in [-0.25, -0.2) is 4.79 Å². The first-order chi connectivity index (χ1) is 13.5. The predicted molar refractivity (Wildman–Crippen MR) is 108 cm³/mol. The molecular weight excluding hydrogens is 406 g/mol. The van der Waals surface area contributed by atoms with Crippen molar-refractivity contribution in [2.24, 2.45) is 22.2 Å². The average Bonchev–Trinajstić information content (AvgIpc) is 2.64. The molecule has 0 fully saturated rings. The number of nitrogens with zero attached hydrogens (tertiary/aromatic N) is 1. The van der Waals surface area contributed by atoms with Gasteiger partial charge in [0.15, 0.2) is 5.96 Å². The van der Waals surface area contributed by atoms with E-state index in [-0.39, 0.29) is 24.7 Å². The van der Waals surface area contributed by atoms with Gasteiger partial charge in [0.25, 0.3) is 0 Å². The largest absolute Gasteiger partial charge is 0.480 e. The number of carbonyl (C=O) groups is 4. The highest BCUT2D eigenvalue weighted by molar-refractivity contribution is 7.80. The van der Waals surface area contributed by atoms with Crippen molar-refractivity contribution in [3.05, 3.63) is 0 Å². The van der Waals surface area contributed by atoms with Crippen LogP contribution in [0.5, 0.6) is 0 Å². The van der Waals surface area contributed by atoms with Crippen molar-refractivity contribution in [3.8, 4) is 0 Å². The Morgan fingerprint density at radius 1 is 1.10 bits per heavy atom. The Kier molecular flexibility index (Phi) is 12.4. The second-order valence-electron chi connectivity index (χ2n) is 6.14. The highest BCUT2D eigenvalue weighted by Crippen LogP contribution is 2.01. The van der Waals surface area contributed by atoms with Gasteiger partial charge in [-0.05, 0) is 19.8 Å². The molecule has 0 aromatic carbocycles. The molecule has 4 atom stereocenters. The summed E-state index contributed by atoms with van der Waals surface area (Å²) in [5, 5.41) is 25.2. The predicted octanol–water partition coefficient (Wildman–Crippen LogP) is -4.15. The Morgan fingerprint density at radius 3 is 2.21 bits per heavy atom. The van der Waals surface area contributed by atoms with Crippen molar-refractivity contribution < 1.29 is 29.4 Å². The van der Waals surface area contributed by atoms with Gasteiger partial charge in [0.2, 0.25) is 17.7 Å². The van der Waals surface area contributed by atoms with Crippen LogP contribution in [0.4, 0.5) is 0 Å². The Bertz CT molecular complexity index is 612. The van der Waals surface area contributed by atoms with E-state index in [1.807, 2.05) is 0 Å². The molecule has 0 aromatic heterocycles. The molecule has 0 radical (unpaired) electrons. The number of nitrogens with two attached hydrogens (primary N) is 3. The number of aliphatic hydroxyl groups excluding tert-OH is 1. The van der Waals surface area contributed by atoms with Crippen LogP contribution in [-0.2, 0) is 19.2 Å². The normalized spacial score (nSPS) is 14.6. The lowest BCUT2D eigenvalue weighted by Gasteiger charge is -2.21. The SMILES string of the molecule is CC(O)C(N)C(=O)NC(CCCN=C(N)N)C(=O)NCC(=O)NC(CS)C(=O)O. The lowest BCUT2D eigenvalue weighted by atomic mass is 10.1. The molecule has 0 aromatic rings. The van der Waals surface area contributed by atoms with E-state index in [2.05, 4.69) is 33.6 Å². The average molecular weight is 436 g/mol. The van der Waals surface area contributed by atoms with Crippen molar-refractivity contribution in [1.29, 1.82) is 0 Å². The smallest absolute Gasteiger partial charge is 0.327 e. The van der Waals surface area contributed by atoms with Gasteiger partial charge in [-0.15, -0.1) is 0 Å². The van der Waals surface area contributed by atoms with Crippen LogP contribution in [0.15, 0.2) is 4.99 Å². The highest BCUT2D eigenvalue weighted by atomic mass is 32.1. The molecule has 29 heavy (non-hydrogen) atoms. The number of nitrogens with one attached hydrogen (secondary N) is 3. The molecule has 0 heterocycles. The lowest BCUT2D eigenvalue weighted by Crippen LogP contribution is -2.55. The molecule has 0 rings (SSSR count). The van der Waals surface area contributed by atoms with Gasteiger partial charge in [-0.3, -0.25) is 19.4 Å². The summed E-state index contributed by atoms with van der Waals surface area (Å²) in [6.07, 6.45) is -0.690. The van der Waals surface area contributed by atoms with Crippen molar-refractivity contribution in [2.75, 3.05) is 18.8 Å². The summed E-state index contributed by atoms with van der Waals surface area (Å²) in [6.45, 7) is 1.01. The number of amides is 3. The molecule has 0 saturated carbocycles. The summed E-state index contributed by atoms with van der Waals surface area (Å²) in [7, 11) is 0. The van der Waals surface area contributed by atoms with Crippen LogP contribution in [0.3, 0.4) is 0 Å². The summed E-state index contributed by atoms with van der Waals surface area (Å²) in [5.41, 5.74) is 16.0. The Balaban J connectivity index is 4.89. The van der Waals surface area contributed by atoms with Crippen LogP contribution >= 0.6 is 12.6 Å². The van der Waals surface area contributed by atoms with Crippen LogP contribution in [-0.4, -0.2) is 82.9 Å². The zero-order valence-electron chi connectivity index (χ0n) is 16.0. The number of hydrogen-bond donors (Lipinski definition) is 9. The van der Waals surface area contributed by atoms with Crippen LogP contribution in [0.2, 0.25) is 0 Å². The number of aliphatic hydroxyl groups is 1. The molecule has 13 nitrogen and oxygen atoms in total. The number of guanidine groups is 1. The summed E-state index contributed by atoms with van der Waals surface area (Å²) in [5.74, 6) is -3.72. The molecule has 3 amide bonds. The number of carboxylic acid groups (broad SMARTS) is 1. The standard InChI is InChI=1S/C15H29N7O6S/c1-7(23)11(16)13(26)22-8(3-2-4-19-15(17)18)12(25)20-5-10(24)21-9(6-29)14(27)28/h7-9,11,23,29H,2-6,16H2,1H3,(H,20,25)(H,21,24)(H,22,26)(H,27,28)(H4,17,18,19).